The van der Waals surface area contributed by atoms with Gasteiger partial charge in [0.2, 0.25) is 0 Å². The van der Waals surface area contributed by atoms with E-state index in [-0.39, 0.29) is 68.7 Å². The number of carboxylic acid groups (broad SMARTS) is 1. The zero-order chi connectivity index (χ0) is 79.3. The zero-order valence-electron chi connectivity index (χ0n) is 58.4. The van der Waals surface area contributed by atoms with Crippen LogP contribution in [-0.2, 0) is 70.5 Å². The highest BCUT2D eigenvalue weighted by atomic mass is 32.2. The number of halogens is 18. The van der Waals surface area contributed by atoms with Crippen molar-refractivity contribution in [3.8, 4) is 0 Å². The quantitative estimate of drug-likeness (QED) is 0.0453. The van der Waals surface area contributed by atoms with Gasteiger partial charge < -0.3 is 25.3 Å². The fourth-order valence-corrected chi connectivity index (χ4v) is 15.2. The Morgan fingerprint density at radius 2 is 0.869 bits per heavy atom. The number of carbonyl (C=O) groups is 1. The molecule has 3 aliphatic heterocycles. The zero-order valence-corrected chi connectivity index (χ0v) is 60.1. The van der Waals surface area contributed by atoms with Crippen LogP contribution in [0.4, 0.5) is 79.0 Å². The van der Waals surface area contributed by atoms with Crippen LogP contribution in [0.25, 0.3) is 32.7 Å². The van der Waals surface area contributed by atoms with E-state index in [1.807, 2.05) is 13.8 Å². The number of nitrogens with one attached hydrogen (secondary N) is 1. The molecule has 6 unspecified atom stereocenters. The molecule has 0 aliphatic carbocycles. The lowest BCUT2D eigenvalue weighted by Gasteiger charge is -2.37. The van der Waals surface area contributed by atoms with Crippen molar-refractivity contribution in [3.05, 3.63) is 154 Å². The molecule has 4 aromatic carbocycles. The lowest BCUT2D eigenvalue weighted by molar-refractivity contribution is -0.142. The smallest absolute Gasteiger partial charge is 0.433 e. The Bertz CT molecular complexity index is 4320. The number of rotatable bonds is 21. The largest absolute Gasteiger partial charge is 0.481 e. The van der Waals surface area contributed by atoms with Gasteiger partial charge in [0.1, 0.15) is 17.1 Å². The predicted molar refractivity (Wildman–Crippen MR) is 363 cm³/mol. The standard InChI is InChI=1S/C28H30F6N2O3S.C23H28F6N2O3S.C19H20F6N2O.C2H4O2/c1-2-14-36-15-7-6-9-20(36)16-19(18-39-40(37,38)21-10-4-3-5-11-21)23-17-25(28(32,33)34)35-26-22(23)12-8-13-24(26)27(29,30)31;1-3-10-31-11-5-4-7-16(31)12-15(14-34-35(2,32)33)18-13-20(23(27,28)29)30-21-17(18)8-6-9-19(21)22(24,25)26;20-18(21,22)15-6-3-5-13-14(9-16(19(23,24)25)27-17(13)15)11(10-28)8-12-4-1-2-7-26-12;1-2(3)4/h3-5,8,10-13,17,19-20H,2,6-7,9,14-16,18H2,1H3;6,8-9,13,15-16H,3-5,7,10-12,14H2,1-2H3;3,5-6,9,11-12,26,28H,1-2,4,7-8,10H2;1H3,(H,3,4). The minimum Gasteiger partial charge on any atom is -0.481 e. The van der Waals surface area contributed by atoms with Crippen LogP contribution >= 0.6 is 0 Å². The third-order valence-electron chi connectivity index (χ3n) is 18.5. The van der Waals surface area contributed by atoms with Gasteiger partial charge in [0.25, 0.3) is 26.2 Å². The molecule has 0 bridgehead atoms. The number of alkyl halides is 18. The second-order valence-corrected chi connectivity index (χ2v) is 29.7. The van der Waals surface area contributed by atoms with Crippen molar-refractivity contribution < 1.29 is 119 Å². The Hall–Kier alpha value is -7.02. The summed E-state index contributed by atoms with van der Waals surface area (Å²) in [7, 11) is -8.23. The maximum Gasteiger partial charge on any atom is 0.433 e. The first-order valence-electron chi connectivity index (χ1n) is 34.4. The number of hydrogen-bond acceptors (Lipinski definition) is 14. The second kappa shape index (κ2) is 36.7. The van der Waals surface area contributed by atoms with Crippen molar-refractivity contribution in [3.63, 3.8) is 0 Å². The van der Waals surface area contributed by atoms with Crippen molar-refractivity contribution in [2.75, 3.05) is 58.8 Å². The number of aliphatic carboxylic acids is 1. The summed E-state index contributed by atoms with van der Waals surface area (Å²) in [5, 5.41) is 20.3. The van der Waals surface area contributed by atoms with Crippen LogP contribution in [0.3, 0.4) is 0 Å². The molecule has 7 aromatic rings. The van der Waals surface area contributed by atoms with E-state index in [0.29, 0.717) is 18.6 Å². The Labute approximate surface area is 606 Å². The number of carboxylic acids is 1. The Balaban J connectivity index is 0.000000221. The van der Waals surface area contributed by atoms with Gasteiger partial charge in [0.15, 0.2) is 0 Å². The summed E-state index contributed by atoms with van der Waals surface area (Å²) in [6, 6.07) is 18.7. The first kappa shape index (κ1) is 87.2. The van der Waals surface area contributed by atoms with Gasteiger partial charge in [-0.05, 0) is 169 Å². The molecule has 3 aliphatic rings. The van der Waals surface area contributed by atoms with Crippen molar-refractivity contribution in [1.82, 2.24) is 30.1 Å². The number of fused-ring (bicyclic) bond motifs is 3. The monoisotopic (exact) mass is 1580 g/mol. The first-order chi connectivity index (χ1) is 49.9. The van der Waals surface area contributed by atoms with Gasteiger partial charge in [0.05, 0.1) is 64.2 Å². The molecule has 107 heavy (non-hydrogen) atoms. The van der Waals surface area contributed by atoms with Crippen LogP contribution in [0.15, 0.2) is 108 Å². The van der Waals surface area contributed by atoms with Crippen molar-refractivity contribution >= 4 is 58.9 Å². The maximum atomic E-state index is 13.9. The lowest BCUT2D eigenvalue weighted by Crippen LogP contribution is -2.41. The van der Waals surface area contributed by atoms with E-state index in [1.165, 1.54) is 42.5 Å². The first-order valence-corrected chi connectivity index (χ1v) is 37.6. The van der Waals surface area contributed by atoms with E-state index in [0.717, 1.165) is 159 Å². The molecular weight excluding hydrogens is 1500 g/mol. The molecule has 0 amide bonds. The molecule has 6 heterocycles. The molecule has 6 atom stereocenters. The van der Waals surface area contributed by atoms with Crippen LogP contribution < -0.4 is 5.32 Å². The fourth-order valence-electron chi connectivity index (χ4n) is 13.8. The molecule has 0 radical (unpaired) electrons. The summed E-state index contributed by atoms with van der Waals surface area (Å²) in [5.41, 5.74) is -10.6. The number of para-hydroxylation sites is 3. The van der Waals surface area contributed by atoms with Gasteiger partial charge in [-0.25, -0.2) is 15.0 Å². The average Bonchev–Trinajstić information content (AvgIpc) is 0.768. The molecular formula is C72H82F18N6O9S2. The van der Waals surface area contributed by atoms with Gasteiger partial charge >= 0.3 is 37.1 Å². The SMILES string of the molecule is CC(=O)O.CCCN1CCCCC1CC(COS(=O)(=O)c1ccccc1)c1cc(C(F)(F)F)nc2c(C(F)(F)F)cccc12.CCCN1CCCCC1CC(COS(C)(=O)=O)c1cc(C(F)(F)F)nc2c(C(F)(F)F)cccc12.OCC(CC1CCCCN1)c1cc(C(F)(F)F)nc2c(C(F)(F)F)cccc12. The van der Waals surface area contributed by atoms with E-state index in [2.05, 4.69) is 30.1 Å². The number of piperidine rings is 3. The highest BCUT2D eigenvalue weighted by Crippen LogP contribution is 2.46. The Morgan fingerprint density at radius 1 is 0.505 bits per heavy atom. The second-order valence-electron chi connectivity index (χ2n) is 26.4. The van der Waals surface area contributed by atoms with Gasteiger partial charge in [-0.2, -0.15) is 95.9 Å². The van der Waals surface area contributed by atoms with E-state index in [1.54, 1.807) is 6.07 Å². The number of benzene rings is 4. The number of aromatic nitrogens is 3. The van der Waals surface area contributed by atoms with Crippen LogP contribution in [0.2, 0.25) is 0 Å². The topological polar surface area (TPSA) is 201 Å². The third kappa shape index (κ3) is 24.5. The summed E-state index contributed by atoms with van der Waals surface area (Å²) in [5.74, 6) is -3.43. The minimum absolute atomic E-state index is 0.00532. The molecule has 3 fully saturated rings. The van der Waals surface area contributed by atoms with Gasteiger partial charge in [-0.15, -0.1) is 0 Å². The summed E-state index contributed by atoms with van der Waals surface area (Å²) >= 11 is 0. The number of aliphatic hydroxyl groups is 1. The molecule has 3 saturated heterocycles. The normalized spacial score (nSPS) is 18.5. The number of aliphatic hydroxyl groups excluding tert-OH is 1. The number of hydrogen-bond donors (Lipinski definition) is 3. The van der Waals surface area contributed by atoms with Gasteiger partial charge in [-0.1, -0.05) is 87.7 Å². The van der Waals surface area contributed by atoms with Gasteiger partial charge in [-0.3, -0.25) is 13.2 Å². The van der Waals surface area contributed by atoms with E-state index < -0.39 is 151 Å². The van der Waals surface area contributed by atoms with Crippen LogP contribution in [0.1, 0.15) is 179 Å². The van der Waals surface area contributed by atoms with E-state index >= 15 is 0 Å². The molecule has 3 aromatic heterocycles. The minimum atomic E-state index is -5.03. The highest BCUT2D eigenvalue weighted by Gasteiger charge is 2.43. The summed E-state index contributed by atoms with van der Waals surface area (Å²) < 4.78 is 305. The number of likely N-dealkylation sites (tertiary alicyclic amines) is 2. The predicted octanol–water partition coefficient (Wildman–Crippen LogP) is 18.4. The van der Waals surface area contributed by atoms with Gasteiger partial charge in [0, 0.05) is 59.0 Å². The number of nitrogens with zero attached hydrogens (tertiary/aromatic N) is 5. The van der Waals surface area contributed by atoms with Crippen molar-refractivity contribution in [2.45, 2.75) is 188 Å². The van der Waals surface area contributed by atoms with E-state index in [9.17, 15) is 101 Å². The number of pyridine rings is 3. The molecule has 3 N–H and O–H groups in total. The molecule has 592 valence electrons. The maximum absolute atomic E-state index is 13.9. The molecule has 0 saturated carbocycles. The Morgan fingerprint density at radius 3 is 1.20 bits per heavy atom. The van der Waals surface area contributed by atoms with Crippen LogP contribution in [-0.4, -0.2) is 135 Å². The molecule has 10 rings (SSSR count). The fraction of sp³-hybridized carbons (Fsp3) is 0.528. The molecule has 15 nitrogen and oxygen atoms in total. The summed E-state index contributed by atoms with van der Waals surface area (Å²) in [4.78, 5) is 23.3. The highest BCUT2D eigenvalue weighted by molar-refractivity contribution is 7.86. The summed E-state index contributed by atoms with van der Waals surface area (Å²) in [6.07, 6.45) is -18.4. The van der Waals surface area contributed by atoms with Crippen LogP contribution in [0.5, 0.6) is 0 Å². The molecule has 0 spiro atoms. The van der Waals surface area contributed by atoms with Crippen molar-refractivity contribution in [1.29, 1.82) is 0 Å². The van der Waals surface area contributed by atoms with Crippen molar-refractivity contribution in [2.24, 2.45) is 0 Å². The average molecular weight is 1580 g/mol. The lowest BCUT2D eigenvalue weighted by atomic mass is 9.86. The molecule has 35 heteroatoms. The van der Waals surface area contributed by atoms with E-state index in [4.69, 9.17) is 18.3 Å². The van der Waals surface area contributed by atoms with Crippen LogP contribution in [0, 0.1) is 0 Å². The summed E-state index contributed by atoms with van der Waals surface area (Å²) in [6.45, 7) is 7.43. The third-order valence-corrected chi connectivity index (χ3v) is 20.4. The Kier molecular flexibility index (Phi) is 29.9.